The van der Waals surface area contributed by atoms with Crippen LogP contribution in [0, 0.1) is 0 Å². The van der Waals surface area contributed by atoms with E-state index in [0.717, 1.165) is 24.2 Å². The van der Waals surface area contributed by atoms with Crippen molar-refractivity contribution in [2.45, 2.75) is 20.3 Å². The van der Waals surface area contributed by atoms with Crippen molar-refractivity contribution in [2.24, 2.45) is 0 Å². The summed E-state index contributed by atoms with van der Waals surface area (Å²) < 4.78 is 0. The summed E-state index contributed by atoms with van der Waals surface area (Å²) in [4.78, 5) is 0. The smallest absolute Gasteiger partial charge is 0.0202 e. The van der Waals surface area contributed by atoms with Crippen LogP contribution in [0.2, 0.25) is 0 Å². The van der Waals surface area contributed by atoms with Crippen molar-refractivity contribution < 1.29 is 0 Å². The van der Waals surface area contributed by atoms with Gasteiger partial charge in [0, 0.05) is 6.54 Å². The molecule has 0 radical (unpaired) electrons. The lowest BCUT2D eigenvalue weighted by atomic mass is 10.1. The van der Waals surface area contributed by atoms with Crippen molar-refractivity contribution in [1.29, 1.82) is 0 Å². The van der Waals surface area contributed by atoms with Crippen molar-refractivity contribution in [3.8, 4) is 0 Å². The highest BCUT2D eigenvalue weighted by atomic mass is 14.8. The molecule has 0 amide bonds. The Morgan fingerprint density at radius 2 is 2.00 bits per heavy atom. The average Bonchev–Trinajstić information content (AvgIpc) is 1.88. The largest absolute Gasteiger partial charge is 0.313 e. The lowest BCUT2D eigenvalue weighted by molar-refractivity contribution is 0.717. The zero-order valence-corrected chi connectivity index (χ0v) is 7.04. The van der Waals surface area contributed by atoms with E-state index in [2.05, 4.69) is 25.4 Å². The molecule has 0 rings (SSSR count). The summed E-state index contributed by atoms with van der Waals surface area (Å²) >= 11 is 0. The van der Waals surface area contributed by atoms with Crippen LogP contribution in [-0.4, -0.2) is 13.1 Å². The average molecular weight is 139 g/mol. The van der Waals surface area contributed by atoms with Gasteiger partial charge in [0.05, 0.1) is 0 Å². The van der Waals surface area contributed by atoms with Crippen molar-refractivity contribution >= 4 is 0 Å². The summed E-state index contributed by atoms with van der Waals surface area (Å²) in [5, 5.41) is 3.26. The van der Waals surface area contributed by atoms with Crippen LogP contribution in [0.3, 0.4) is 0 Å². The molecule has 58 valence electrons. The van der Waals surface area contributed by atoms with E-state index in [-0.39, 0.29) is 0 Å². The molecule has 0 aromatic carbocycles. The number of hydrogen-bond donors (Lipinski definition) is 1. The molecule has 0 bridgehead atoms. The first-order valence-corrected chi connectivity index (χ1v) is 3.72. The predicted octanol–water partition coefficient (Wildman–Crippen LogP) is 2.12. The van der Waals surface area contributed by atoms with Gasteiger partial charge in [-0.15, -0.1) is 0 Å². The van der Waals surface area contributed by atoms with E-state index in [1.165, 1.54) is 6.42 Å². The maximum atomic E-state index is 3.86. The fraction of sp³-hybridized carbons (Fsp3) is 0.556. The topological polar surface area (TPSA) is 12.0 Å². The van der Waals surface area contributed by atoms with Crippen molar-refractivity contribution in [3.63, 3.8) is 0 Å². The zero-order valence-electron chi connectivity index (χ0n) is 7.04. The van der Waals surface area contributed by atoms with E-state index >= 15 is 0 Å². The van der Waals surface area contributed by atoms with Crippen LogP contribution in [0.5, 0.6) is 0 Å². The summed E-state index contributed by atoms with van der Waals surface area (Å²) in [6.45, 7) is 13.7. The highest BCUT2D eigenvalue weighted by Crippen LogP contribution is 2.00. The first-order chi connectivity index (χ1) is 4.68. The molecular formula is C9H17N. The van der Waals surface area contributed by atoms with Gasteiger partial charge < -0.3 is 5.32 Å². The molecule has 0 aliphatic carbocycles. The first kappa shape index (κ1) is 9.44. The second-order valence-electron chi connectivity index (χ2n) is 2.56. The van der Waals surface area contributed by atoms with Gasteiger partial charge in [-0.05, 0) is 25.5 Å². The molecule has 0 saturated carbocycles. The molecule has 0 spiro atoms. The Morgan fingerprint density at radius 3 is 2.40 bits per heavy atom. The van der Waals surface area contributed by atoms with Gasteiger partial charge in [-0.3, -0.25) is 0 Å². The van der Waals surface area contributed by atoms with Crippen molar-refractivity contribution in [3.05, 3.63) is 24.3 Å². The van der Waals surface area contributed by atoms with Gasteiger partial charge in [0.15, 0.2) is 0 Å². The van der Waals surface area contributed by atoms with Gasteiger partial charge in [-0.25, -0.2) is 0 Å². The third-order valence-electron chi connectivity index (χ3n) is 1.37. The van der Waals surface area contributed by atoms with Crippen LogP contribution < -0.4 is 5.32 Å². The first-order valence-electron chi connectivity index (χ1n) is 3.72. The van der Waals surface area contributed by atoms with E-state index in [4.69, 9.17) is 0 Å². The minimum atomic E-state index is 0.878. The molecule has 0 aromatic heterocycles. The standard InChI is InChI=1S/C9H17N/c1-5-6-10-7-9(4)8(2)3/h10H,2,4-7H2,1,3H3. The number of nitrogens with one attached hydrogen (secondary N) is 1. The van der Waals surface area contributed by atoms with Crippen molar-refractivity contribution in [1.82, 2.24) is 5.32 Å². The Bertz CT molecular complexity index is 125. The molecule has 0 atom stereocenters. The van der Waals surface area contributed by atoms with E-state index in [9.17, 15) is 0 Å². The fourth-order valence-corrected chi connectivity index (χ4v) is 0.567. The highest BCUT2D eigenvalue weighted by molar-refractivity contribution is 5.23. The molecule has 1 N–H and O–H groups in total. The lowest BCUT2D eigenvalue weighted by Crippen LogP contribution is -2.17. The Labute approximate surface area is 63.8 Å². The fourth-order valence-electron chi connectivity index (χ4n) is 0.567. The van der Waals surface area contributed by atoms with Gasteiger partial charge in [-0.1, -0.05) is 25.7 Å². The van der Waals surface area contributed by atoms with E-state index in [0.29, 0.717) is 0 Å². The second kappa shape index (κ2) is 5.24. The monoisotopic (exact) mass is 139 g/mol. The summed E-state index contributed by atoms with van der Waals surface area (Å²) in [6, 6.07) is 0. The molecule has 0 saturated heterocycles. The van der Waals surface area contributed by atoms with Crippen LogP contribution in [0.1, 0.15) is 20.3 Å². The van der Waals surface area contributed by atoms with Crippen molar-refractivity contribution in [2.75, 3.05) is 13.1 Å². The number of rotatable bonds is 5. The maximum absolute atomic E-state index is 3.86. The summed E-state index contributed by atoms with van der Waals surface area (Å²) in [6.07, 6.45) is 1.17. The number of hydrogen-bond acceptors (Lipinski definition) is 1. The Balaban J connectivity index is 3.31. The molecule has 0 aromatic rings. The van der Waals surface area contributed by atoms with Crippen LogP contribution in [0.15, 0.2) is 24.3 Å². The van der Waals surface area contributed by atoms with E-state index < -0.39 is 0 Å². The van der Waals surface area contributed by atoms with Gasteiger partial charge >= 0.3 is 0 Å². The SMILES string of the molecule is C=C(C)C(=C)CNCCC. The highest BCUT2D eigenvalue weighted by Gasteiger charge is 1.91. The quantitative estimate of drug-likeness (QED) is 0.454. The molecule has 10 heavy (non-hydrogen) atoms. The Morgan fingerprint density at radius 1 is 1.40 bits per heavy atom. The van der Waals surface area contributed by atoms with Crippen LogP contribution >= 0.6 is 0 Å². The molecule has 1 nitrogen and oxygen atoms in total. The molecule has 1 heteroatoms. The molecule has 0 unspecified atom stereocenters. The van der Waals surface area contributed by atoms with Gasteiger partial charge in [-0.2, -0.15) is 0 Å². The molecule has 0 heterocycles. The molecule has 0 aliphatic heterocycles. The second-order valence-corrected chi connectivity index (χ2v) is 2.56. The molecule has 0 fully saturated rings. The summed E-state index contributed by atoms with van der Waals surface area (Å²) in [7, 11) is 0. The molecular weight excluding hydrogens is 122 g/mol. The minimum Gasteiger partial charge on any atom is -0.313 e. The zero-order chi connectivity index (χ0) is 7.98. The minimum absolute atomic E-state index is 0.878. The van der Waals surface area contributed by atoms with Gasteiger partial charge in [0.2, 0.25) is 0 Å². The predicted molar refractivity (Wildman–Crippen MR) is 47.1 cm³/mol. The van der Waals surface area contributed by atoms with E-state index in [1.807, 2.05) is 6.92 Å². The Kier molecular flexibility index (Phi) is 4.95. The molecule has 0 aliphatic rings. The van der Waals surface area contributed by atoms with Crippen LogP contribution in [-0.2, 0) is 0 Å². The van der Waals surface area contributed by atoms with E-state index in [1.54, 1.807) is 0 Å². The third-order valence-corrected chi connectivity index (χ3v) is 1.37. The normalized spacial score (nSPS) is 9.40. The third kappa shape index (κ3) is 4.33. The van der Waals surface area contributed by atoms with Crippen LogP contribution in [0.25, 0.3) is 0 Å². The van der Waals surface area contributed by atoms with Crippen LogP contribution in [0.4, 0.5) is 0 Å². The maximum Gasteiger partial charge on any atom is 0.0202 e. The summed E-state index contributed by atoms with van der Waals surface area (Å²) in [5.41, 5.74) is 2.18. The van der Waals surface area contributed by atoms with Gasteiger partial charge in [0.1, 0.15) is 0 Å². The van der Waals surface area contributed by atoms with Gasteiger partial charge in [0.25, 0.3) is 0 Å². The summed E-state index contributed by atoms with van der Waals surface area (Å²) in [5.74, 6) is 0. The lowest BCUT2D eigenvalue weighted by Gasteiger charge is -2.04. The Hall–Kier alpha value is -0.560.